The number of halogens is 2. The van der Waals surface area contributed by atoms with Crippen molar-refractivity contribution in [1.82, 2.24) is 4.57 Å². The quantitative estimate of drug-likeness (QED) is 0.476. The van der Waals surface area contributed by atoms with Crippen LogP contribution in [0.5, 0.6) is 5.75 Å². The summed E-state index contributed by atoms with van der Waals surface area (Å²) in [6.07, 6.45) is 1.13. The highest BCUT2D eigenvalue weighted by Crippen LogP contribution is 2.40. The fraction of sp³-hybridized carbons (Fsp3) is 0.333. The Balaban J connectivity index is 2.56. The Hall–Kier alpha value is -3.04. The maximum absolute atomic E-state index is 14.2. The summed E-state index contributed by atoms with van der Waals surface area (Å²) >= 11 is 0. The number of esters is 1. The van der Waals surface area contributed by atoms with E-state index in [1.165, 1.54) is 11.5 Å². The van der Waals surface area contributed by atoms with Gasteiger partial charge in [-0.1, -0.05) is 0 Å². The number of pyridine rings is 1. The molecule has 1 aromatic carbocycles. The molecule has 1 aliphatic rings. The second-order valence-corrected chi connectivity index (χ2v) is 5.45. The maximum Gasteiger partial charge on any atom is 0.343 e. The lowest BCUT2D eigenvalue weighted by Gasteiger charge is -2.27. The van der Waals surface area contributed by atoms with Crippen molar-refractivity contribution in [3.8, 4) is 5.75 Å². The van der Waals surface area contributed by atoms with Crippen LogP contribution in [-0.4, -0.2) is 28.7 Å². The van der Waals surface area contributed by atoms with Crippen molar-refractivity contribution >= 4 is 22.6 Å². The minimum absolute atomic E-state index is 0.0277. The summed E-state index contributed by atoms with van der Waals surface area (Å²) in [5.41, 5.74) is -3.21. The number of carbonyl (C=O) groups excluding carboxylic acids is 1. The molecule has 3 rings (SSSR count). The van der Waals surface area contributed by atoms with E-state index in [4.69, 9.17) is 9.47 Å². The molecule has 2 heterocycles. The zero-order chi connectivity index (χ0) is 18.5. The number of nitrogens with zero attached hydrogens (tertiary/aromatic N) is 2. The summed E-state index contributed by atoms with van der Waals surface area (Å²) in [4.78, 5) is 34.7. The number of nitro groups is 1. The van der Waals surface area contributed by atoms with Gasteiger partial charge in [-0.15, -0.1) is 0 Å². The number of ether oxygens (including phenoxy) is 2. The molecule has 0 fully saturated rings. The van der Waals surface area contributed by atoms with Crippen LogP contribution in [0.25, 0.3) is 10.9 Å². The van der Waals surface area contributed by atoms with Crippen molar-refractivity contribution in [1.29, 1.82) is 0 Å². The predicted molar refractivity (Wildman–Crippen MR) is 80.9 cm³/mol. The third kappa shape index (κ3) is 2.32. The topological polar surface area (TPSA) is 101 Å². The summed E-state index contributed by atoms with van der Waals surface area (Å²) in [5.74, 6) is -4.96. The third-order valence-corrected chi connectivity index (χ3v) is 3.91. The molecule has 132 valence electrons. The van der Waals surface area contributed by atoms with Gasteiger partial charge in [0.1, 0.15) is 23.1 Å². The van der Waals surface area contributed by atoms with E-state index in [1.54, 1.807) is 6.92 Å². The lowest BCUT2D eigenvalue weighted by Crippen LogP contribution is -2.28. The molecule has 0 bridgehead atoms. The number of aromatic nitrogens is 1. The fourth-order valence-electron chi connectivity index (χ4n) is 2.79. The molecule has 0 aliphatic carbocycles. The normalized spacial score (nSPS) is 15.8. The molecular weight excluding hydrogens is 342 g/mol. The molecule has 8 nitrogen and oxygen atoms in total. The molecule has 25 heavy (non-hydrogen) atoms. The number of carbonyl (C=O) groups is 1. The van der Waals surface area contributed by atoms with E-state index in [9.17, 15) is 28.5 Å². The number of hydrogen-bond donors (Lipinski definition) is 0. The first-order chi connectivity index (χ1) is 11.8. The van der Waals surface area contributed by atoms with Gasteiger partial charge in [0, 0.05) is 6.20 Å². The lowest BCUT2D eigenvalue weighted by molar-refractivity contribution is -0.386. The van der Waals surface area contributed by atoms with Gasteiger partial charge in [-0.05, 0) is 13.8 Å². The molecular formula is C15H12F2N2O6. The van der Waals surface area contributed by atoms with Crippen LogP contribution in [0.3, 0.4) is 0 Å². The summed E-state index contributed by atoms with van der Waals surface area (Å²) in [6, 6.07) is -0.478. The van der Waals surface area contributed by atoms with Gasteiger partial charge in [-0.25, -0.2) is 4.79 Å². The summed E-state index contributed by atoms with van der Waals surface area (Å²) in [7, 11) is 0. The molecule has 2 aromatic rings. The number of hydrogen-bond acceptors (Lipinski definition) is 6. The van der Waals surface area contributed by atoms with Crippen molar-refractivity contribution in [2.45, 2.75) is 19.9 Å². The highest BCUT2D eigenvalue weighted by molar-refractivity contribution is 5.99. The Kier molecular flexibility index (Phi) is 3.90. The van der Waals surface area contributed by atoms with E-state index in [1.807, 2.05) is 0 Å². The van der Waals surface area contributed by atoms with Crippen LogP contribution < -0.4 is 10.2 Å². The third-order valence-electron chi connectivity index (χ3n) is 3.91. The average Bonchev–Trinajstić information content (AvgIpc) is 2.55. The van der Waals surface area contributed by atoms with E-state index >= 15 is 0 Å². The summed E-state index contributed by atoms with van der Waals surface area (Å²) < 4.78 is 39.6. The molecule has 0 spiro atoms. The van der Waals surface area contributed by atoms with Gasteiger partial charge in [-0.3, -0.25) is 14.9 Å². The number of benzene rings is 1. The average molecular weight is 354 g/mol. The van der Waals surface area contributed by atoms with Crippen LogP contribution in [0.1, 0.15) is 30.2 Å². The van der Waals surface area contributed by atoms with Gasteiger partial charge in [-0.2, -0.15) is 8.78 Å². The van der Waals surface area contributed by atoms with E-state index < -0.39 is 56.4 Å². The van der Waals surface area contributed by atoms with Gasteiger partial charge in [0.15, 0.2) is 5.75 Å². The van der Waals surface area contributed by atoms with Crippen molar-refractivity contribution in [2.24, 2.45) is 0 Å². The van der Waals surface area contributed by atoms with Crippen LogP contribution in [-0.2, 0) is 4.74 Å². The lowest BCUT2D eigenvalue weighted by atomic mass is 10.1. The molecule has 1 atom stereocenters. The van der Waals surface area contributed by atoms with Gasteiger partial charge in [0.2, 0.25) is 17.1 Å². The van der Waals surface area contributed by atoms with Crippen molar-refractivity contribution in [2.75, 3.05) is 13.2 Å². The monoisotopic (exact) mass is 354 g/mol. The first-order valence-corrected chi connectivity index (χ1v) is 7.33. The van der Waals surface area contributed by atoms with E-state index in [0.29, 0.717) is 0 Å². The first kappa shape index (κ1) is 16.8. The van der Waals surface area contributed by atoms with Gasteiger partial charge >= 0.3 is 11.7 Å². The number of rotatable bonds is 3. The van der Waals surface area contributed by atoms with Crippen LogP contribution in [0.4, 0.5) is 14.5 Å². The highest BCUT2D eigenvalue weighted by atomic mass is 19.2. The predicted octanol–water partition coefficient (Wildman–Crippen LogP) is 2.32. The Morgan fingerprint density at radius 3 is 2.76 bits per heavy atom. The molecule has 0 unspecified atom stereocenters. The van der Waals surface area contributed by atoms with E-state index in [2.05, 4.69) is 0 Å². The van der Waals surface area contributed by atoms with E-state index in [-0.39, 0.29) is 18.7 Å². The summed E-state index contributed by atoms with van der Waals surface area (Å²) in [5, 5.41) is 10.5. The minimum Gasteiger partial charge on any atom is -0.486 e. The van der Waals surface area contributed by atoms with Gasteiger partial charge < -0.3 is 14.0 Å². The highest BCUT2D eigenvalue weighted by Gasteiger charge is 2.36. The van der Waals surface area contributed by atoms with Crippen LogP contribution in [0.15, 0.2) is 11.0 Å². The number of nitro benzene ring substituents is 1. The van der Waals surface area contributed by atoms with Crippen molar-refractivity contribution in [3.63, 3.8) is 0 Å². The molecule has 0 N–H and O–H groups in total. The standard InChI is InChI=1S/C15H12F2N2O6/c1-3-24-15(21)7-4-18-6(2)5-25-14-10(17)9(16)11(19(22)23)8(12(14)18)13(7)20/h4,6H,3,5H2,1-2H3/t6-/m0/s1. The largest absolute Gasteiger partial charge is 0.486 e. The Labute approximate surface area is 138 Å². The zero-order valence-electron chi connectivity index (χ0n) is 13.2. The fourth-order valence-corrected chi connectivity index (χ4v) is 2.79. The zero-order valence-corrected chi connectivity index (χ0v) is 13.2. The minimum atomic E-state index is -1.81. The van der Waals surface area contributed by atoms with Gasteiger partial charge in [0.05, 0.1) is 17.6 Å². The Morgan fingerprint density at radius 1 is 1.48 bits per heavy atom. The smallest absolute Gasteiger partial charge is 0.343 e. The molecule has 0 saturated heterocycles. The molecule has 0 radical (unpaired) electrons. The van der Waals surface area contributed by atoms with Crippen LogP contribution in [0, 0.1) is 21.7 Å². The van der Waals surface area contributed by atoms with Crippen LogP contribution >= 0.6 is 0 Å². The first-order valence-electron chi connectivity index (χ1n) is 7.33. The second kappa shape index (κ2) is 5.80. The SMILES string of the molecule is CCOC(=O)c1cn2c3c(c(F)c(F)c([N+](=O)[O-])c3c1=O)OC[C@@H]2C. The van der Waals surface area contributed by atoms with Crippen molar-refractivity contribution in [3.05, 3.63) is 43.7 Å². The Bertz CT molecular complexity index is 985. The van der Waals surface area contributed by atoms with Crippen molar-refractivity contribution < 1.29 is 28.0 Å². The Morgan fingerprint density at radius 2 is 2.16 bits per heavy atom. The molecule has 0 saturated carbocycles. The van der Waals surface area contributed by atoms with E-state index in [0.717, 1.165) is 6.20 Å². The molecule has 0 amide bonds. The second-order valence-electron chi connectivity index (χ2n) is 5.45. The summed E-state index contributed by atoms with van der Waals surface area (Å²) in [6.45, 7) is 3.06. The van der Waals surface area contributed by atoms with Gasteiger partial charge in [0.25, 0.3) is 0 Å². The molecule has 1 aromatic heterocycles. The maximum atomic E-state index is 14.2. The molecule has 10 heteroatoms. The molecule has 1 aliphatic heterocycles. The van der Waals surface area contributed by atoms with Crippen LogP contribution in [0.2, 0.25) is 0 Å².